The van der Waals surface area contributed by atoms with Crippen LogP contribution >= 0.6 is 0 Å². The first-order chi connectivity index (χ1) is 11.4. The number of fused-ring (bicyclic) bond motifs is 2. The third-order valence-electron chi connectivity index (χ3n) is 5.77. The van der Waals surface area contributed by atoms with Crippen LogP contribution in [0.25, 0.3) is 0 Å². The quantitative estimate of drug-likeness (QED) is 0.715. The van der Waals surface area contributed by atoms with E-state index < -0.39 is 0 Å². The van der Waals surface area contributed by atoms with Crippen LogP contribution in [0.2, 0.25) is 0 Å². The first-order valence-electron chi connectivity index (χ1n) is 8.69. The van der Waals surface area contributed by atoms with Gasteiger partial charge < -0.3 is 4.74 Å². The zero-order valence-electron chi connectivity index (χ0n) is 14.4. The molecule has 0 aromatic heterocycles. The molecule has 2 aliphatic carbocycles. The van der Waals surface area contributed by atoms with E-state index >= 15 is 0 Å². The Labute approximate surface area is 142 Å². The van der Waals surface area contributed by atoms with E-state index in [9.17, 15) is 9.59 Å². The highest BCUT2D eigenvalue weighted by Crippen LogP contribution is 2.49. The van der Waals surface area contributed by atoms with Crippen LogP contribution in [0.5, 0.6) is 0 Å². The fourth-order valence-corrected chi connectivity index (χ4v) is 4.12. The van der Waals surface area contributed by atoms with Crippen molar-refractivity contribution >= 4 is 11.6 Å². The lowest BCUT2D eigenvalue weighted by Crippen LogP contribution is -2.43. The topological polar surface area (TPSA) is 43.4 Å². The molecule has 2 atom stereocenters. The standard InChI is InChI=1S/C21H22O3/c1-12(2)13-8-9-21(3)11-16-18(22)14-6-4-5-7-15(14)19(23)20(16)24-17(21)10-13/h4-7,10,12,17H,8-9,11H2,1-3H3. The molecule has 0 saturated carbocycles. The highest BCUT2D eigenvalue weighted by Gasteiger charge is 2.48. The molecule has 0 saturated heterocycles. The number of ether oxygens (including phenoxy) is 1. The number of hydrogen-bond donors (Lipinski definition) is 0. The van der Waals surface area contributed by atoms with Gasteiger partial charge in [-0.05, 0) is 31.3 Å². The Morgan fingerprint density at radius 3 is 2.46 bits per heavy atom. The van der Waals surface area contributed by atoms with Crippen molar-refractivity contribution in [2.75, 3.05) is 0 Å². The molecule has 0 amide bonds. The van der Waals surface area contributed by atoms with Gasteiger partial charge in [0.25, 0.3) is 0 Å². The van der Waals surface area contributed by atoms with Gasteiger partial charge in [-0.25, -0.2) is 0 Å². The van der Waals surface area contributed by atoms with Crippen molar-refractivity contribution in [1.82, 2.24) is 0 Å². The monoisotopic (exact) mass is 322 g/mol. The Hall–Kier alpha value is -2.16. The molecule has 1 aromatic rings. The molecular weight excluding hydrogens is 300 g/mol. The van der Waals surface area contributed by atoms with Gasteiger partial charge in [-0.15, -0.1) is 0 Å². The van der Waals surface area contributed by atoms with Gasteiger partial charge in [-0.1, -0.05) is 50.6 Å². The van der Waals surface area contributed by atoms with Gasteiger partial charge in [0.2, 0.25) is 5.78 Å². The second kappa shape index (κ2) is 5.17. The fourth-order valence-electron chi connectivity index (χ4n) is 4.12. The maximum absolute atomic E-state index is 12.9. The fraction of sp³-hybridized carbons (Fsp3) is 0.429. The Morgan fingerprint density at radius 2 is 1.79 bits per heavy atom. The van der Waals surface area contributed by atoms with Crippen LogP contribution in [0.4, 0.5) is 0 Å². The average Bonchev–Trinajstić information content (AvgIpc) is 2.57. The number of Topliss-reactive ketones (excluding diaryl/α,β-unsaturated/α-hetero) is 2. The number of carbonyl (C=O) groups is 2. The van der Waals surface area contributed by atoms with E-state index in [-0.39, 0.29) is 28.8 Å². The zero-order valence-corrected chi connectivity index (χ0v) is 14.4. The highest BCUT2D eigenvalue weighted by atomic mass is 16.5. The molecule has 1 heterocycles. The van der Waals surface area contributed by atoms with Crippen molar-refractivity contribution in [3.8, 4) is 0 Å². The summed E-state index contributed by atoms with van der Waals surface area (Å²) >= 11 is 0. The molecular formula is C21H22O3. The number of rotatable bonds is 1. The van der Waals surface area contributed by atoms with Crippen LogP contribution in [-0.2, 0) is 4.74 Å². The summed E-state index contributed by atoms with van der Waals surface area (Å²) in [6.45, 7) is 6.55. The number of benzene rings is 1. The van der Waals surface area contributed by atoms with E-state index in [1.54, 1.807) is 18.2 Å². The molecule has 4 rings (SSSR count). The summed E-state index contributed by atoms with van der Waals surface area (Å²) in [4.78, 5) is 25.7. The molecule has 1 aliphatic heterocycles. The molecule has 1 aromatic carbocycles. The first-order valence-corrected chi connectivity index (χ1v) is 8.69. The van der Waals surface area contributed by atoms with Gasteiger partial charge in [0.15, 0.2) is 11.5 Å². The average molecular weight is 322 g/mol. The Kier molecular flexibility index (Phi) is 3.31. The lowest BCUT2D eigenvalue weighted by molar-refractivity contribution is 0.00508. The summed E-state index contributed by atoms with van der Waals surface area (Å²) in [5.74, 6) is 0.575. The molecule has 0 bridgehead atoms. The van der Waals surface area contributed by atoms with Crippen LogP contribution in [0.15, 0.2) is 47.2 Å². The largest absolute Gasteiger partial charge is 0.481 e. The minimum atomic E-state index is -0.146. The van der Waals surface area contributed by atoms with E-state index in [0.29, 0.717) is 29.0 Å². The van der Waals surface area contributed by atoms with Gasteiger partial charge in [-0.2, -0.15) is 0 Å². The number of allylic oxidation sites excluding steroid dienone is 3. The predicted octanol–water partition coefficient (Wildman–Crippen LogP) is 4.49. The molecule has 124 valence electrons. The smallest absolute Gasteiger partial charge is 0.228 e. The van der Waals surface area contributed by atoms with Crippen LogP contribution in [0.3, 0.4) is 0 Å². The maximum Gasteiger partial charge on any atom is 0.228 e. The Morgan fingerprint density at radius 1 is 1.12 bits per heavy atom. The highest BCUT2D eigenvalue weighted by molar-refractivity contribution is 6.26. The SMILES string of the molecule is CC(C)C1=CC2OC3=C(CC2(C)CC1)C(=O)c1ccccc1C3=O. The first kappa shape index (κ1) is 15.4. The lowest BCUT2D eigenvalue weighted by atomic mass is 9.66. The summed E-state index contributed by atoms with van der Waals surface area (Å²) in [7, 11) is 0. The van der Waals surface area contributed by atoms with E-state index in [1.165, 1.54) is 5.57 Å². The second-order valence-corrected chi connectivity index (χ2v) is 7.78. The minimum Gasteiger partial charge on any atom is -0.481 e. The van der Waals surface area contributed by atoms with E-state index in [2.05, 4.69) is 26.8 Å². The van der Waals surface area contributed by atoms with Gasteiger partial charge in [-0.3, -0.25) is 9.59 Å². The predicted molar refractivity (Wildman–Crippen MR) is 91.9 cm³/mol. The third kappa shape index (κ3) is 2.10. The molecule has 2 unspecified atom stereocenters. The van der Waals surface area contributed by atoms with E-state index in [4.69, 9.17) is 4.74 Å². The molecule has 0 N–H and O–H groups in total. The molecule has 0 fully saturated rings. The van der Waals surface area contributed by atoms with E-state index in [1.807, 2.05) is 6.07 Å². The summed E-state index contributed by atoms with van der Waals surface area (Å²) in [5, 5.41) is 0. The molecule has 0 spiro atoms. The Balaban J connectivity index is 1.79. The number of hydrogen-bond acceptors (Lipinski definition) is 3. The molecule has 24 heavy (non-hydrogen) atoms. The zero-order chi connectivity index (χ0) is 17.1. The minimum absolute atomic E-state index is 0.0430. The van der Waals surface area contributed by atoms with Gasteiger partial charge in [0.05, 0.1) is 0 Å². The van der Waals surface area contributed by atoms with Crippen LogP contribution in [0.1, 0.15) is 60.7 Å². The van der Waals surface area contributed by atoms with Crippen LogP contribution in [0, 0.1) is 11.3 Å². The molecule has 3 heteroatoms. The van der Waals surface area contributed by atoms with Crippen molar-refractivity contribution in [3.63, 3.8) is 0 Å². The van der Waals surface area contributed by atoms with Gasteiger partial charge in [0, 0.05) is 22.1 Å². The van der Waals surface area contributed by atoms with Gasteiger partial charge in [0.1, 0.15) is 6.10 Å². The lowest BCUT2D eigenvalue weighted by Gasteiger charge is -2.45. The summed E-state index contributed by atoms with van der Waals surface area (Å²) in [5.41, 5.74) is 2.82. The van der Waals surface area contributed by atoms with Crippen LogP contribution < -0.4 is 0 Å². The maximum atomic E-state index is 12.9. The molecule has 3 aliphatic rings. The third-order valence-corrected chi connectivity index (χ3v) is 5.77. The summed E-state index contributed by atoms with van der Waals surface area (Å²) in [6, 6.07) is 7.06. The van der Waals surface area contributed by atoms with Crippen molar-refractivity contribution < 1.29 is 14.3 Å². The molecule has 3 nitrogen and oxygen atoms in total. The van der Waals surface area contributed by atoms with Crippen molar-refractivity contribution in [1.29, 1.82) is 0 Å². The number of ketones is 2. The van der Waals surface area contributed by atoms with Crippen molar-refractivity contribution in [2.45, 2.75) is 46.1 Å². The van der Waals surface area contributed by atoms with Gasteiger partial charge >= 0.3 is 0 Å². The normalized spacial score (nSPS) is 28.8. The van der Waals surface area contributed by atoms with Crippen molar-refractivity contribution in [2.24, 2.45) is 11.3 Å². The molecule has 0 radical (unpaired) electrons. The summed E-state index contributed by atoms with van der Waals surface area (Å²) in [6.07, 6.45) is 4.71. The van der Waals surface area contributed by atoms with Crippen molar-refractivity contribution in [3.05, 3.63) is 58.4 Å². The second-order valence-electron chi connectivity index (χ2n) is 7.78. The van der Waals surface area contributed by atoms with Crippen LogP contribution in [-0.4, -0.2) is 17.7 Å². The Bertz CT molecular complexity index is 812. The number of carbonyl (C=O) groups excluding carboxylic acids is 2. The summed E-state index contributed by atoms with van der Waals surface area (Å²) < 4.78 is 6.15. The van der Waals surface area contributed by atoms with E-state index in [0.717, 1.165) is 12.8 Å².